The van der Waals surface area contributed by atoms with Crippen LogP contribution in [0.4, 0.5) is 10.7 Å². The molecule has 4 nitrogen and oxygen atoms in total. The first-order chi connectivity index (χ1) is 14.2. The zero-order valence-corrected chi connectivity index (χ0v) is 18.4. The third-order valence-electron chi connectivity index (χ3n) is 5.18. The maximum absolute atomic E-state index is 13.4. The molecular formula is C23H26N2O2S2. The average Bonchev–Trinajstić information content (AvgIpc) is 3.35. The van der Waals surface area contributed by atoms with E-state index in [9.17, 15) is 4.79 Å². The van der Waals surface area contributed by atoms with Gasteiger partial charge in [0.25, 0.3) is 5.91 Å². The molecule has 4 rings (SSSR count). The normalized spacial score (nSPS) is 15.6. The van der Waals surface area contributed by atoms with E-state index in [4.69, 9.17) is 4.74 Å². The van der Waals surface area contributed by atoms with Crippen molar-refractivity contribution in [1.29, 1.82) is 0 Å². The molecule has 0 aliphatic heterocycles. The second kappa shape index (κ2) is 9.01. The molecule has 29 heavy (non-hydrogen) atoms. The number of amides is 1. The van der Waals surface area contributed by atoms with Crippen LogP contribution in [0, 0.1) is 5.92 Å². The summed E-state index contributed by atoms with van der Waals surface area (Å²) in [5.74, 6) is 1.31. The Morgan fingerprint density at radius 3 is 2.90 bits per heavy atom. The van der Waals surface area contributed by atoms with Crippen LogP contribution in [-0.4, -0.2) is 12.5 Å². The number of carbonyl (C=O) groups is 1. The summed E-state index contributed by atoms with van der Waals surface area (Å²) in [6.07, 6.45) is 3.14. The highest BCUT2D eigenvalue weighted by atomic mass is 32.1. The fourth-order valence-corrected chi connectivity index (χ4v) is 5.78. The van der Waals surface area contributed by atoms with Crippen molar-refractivity contribution in [2.24, 2.45) is 5.92 Å². The van der Waals surface area contributed by atoms with Gasteiger partial charge in [0.2, 0.25) is 0 Å². The molecule has 1 aliphatic carbocycles. The van der Waals surface area contributed by atoms with Gasteiger partial charge in [-0.05, 0) is 61.2 Å². The molecular weight excluding hydrogens is 400 g/mol. The van der Waals surface area contributed by atoms with Crippen LogP contribution in [-0.2, 0) is 19.4 Å². The number of fused-ring (bicyclic) bond motifs is 1. The summed E-state index contributed by atoms with van der Waals surface area (Å²) in [5, 5.41) is 9.68. The van der Waals surface area contributed by atoms with Gasteiger partial charge in [0.15, 0.2) is 0 Å². The number of hydrogen-bond donors (Lipinski definition) is 2. The largest absolute Gasteiger partial charge is 0.492 e. The third kappa shape index (κ3) is 4.49. The van der Waals surface area contributed by atoms with E-state index in [1.54, 1.807) is 22.7 Å². The van der Waals surface area contributed by atoms with Crippen LogP contribution in [0.15, 0.2) is 41.8 Å². The van der Waals surface area contributed by atoms with Crippen molar-refractivity contribution in [3.63, 3.8) is 0 Å². The van der Waals surface area contributed by atoms with Crippen LogP contribution in [0.5, 0.6) is 5.75 Å². The Morgan fingerprint density at radius 1 is 1.24 bits per heavy atom. The van der Waals surface area contributed by atoms with Gasteiger partial charge in [-0.15, -0.1) is 22.7 Å². The lowest BCUT2D eigenvalue weighted by Crippen LogP contribution is -2.18. The van der Waals surface area contributed by atoms with E-state index in [1.807, 2.05) is 31.2 Å². The molecule has 0 bridgehead atoms. The molecule has 1 aliphatic rings. The second-order valence-corrected chi connectivity index (χ2v) is 9.51. The number of benzene rings is 1. The van der Waals surface area contributed by atoms with E-state index in [2.05, 4.69) is 35.1 Å². The van der Waals surface area contributed by atoms with E-state index in [1.165, 1.54) is 15.3 Å². The Bertz CT molecular complexity index is 979. The predicted octanol–water partition coefficient (Wildman–Crippen LogP) is 6.20. The maximum Gasteiger partial charge on any atom is 0.259 e. The smallest absolute Gasteiger partial charge is 0.259 e. The standard InChI is InChI=1S/C23H26N2O2S2/c1-3-27-19-9-5-4-8-18(19)25-22(26)21-17-11-10-15(2)13-20(17)29-23(21)24-14-16-7-6-12-28-16/h4-9,12,15,24H,3,10-11,13-14H2,1-2H3,(H,25,26)/t15-/m0/s1. The number of para-hydroxylation sites is 2. The molecule has 0 saturated heterocycles. The molecule has 3 aromatic rings. The fraction of sp³-hybridized carbons (Fsp3) is 0.348. The van der Waals surface area contributed by atoms with Gasteiger partial charge in [-0.25, -0.2) is 0 Å². The van der Waals surface area contributed by atoms with Crippen molar-refractivity contribution in [3.05, 3.63) is 62.7 Å². The van der Waals surface area contributed by atoms with Crippen molar-refractivity contribution in [3.8, 4) is 5.75 Å². The number of thiophene rings is 2. The number of rotatable bonds is 7. The van der Waals surface area contributed by atoms with Crippen LogP contribution in [0.2, 0.25) is 0 Å². The summed E-state index contributed by atoms with van der Waals surface area (Å²) in [6.45, 7) is 5.54. The molecule has 1 atom stereocenters. The Balaban J connectivity index is 1.63. The molecule has 1 amide bonds. The van der Waals surface area contributed by atoms with E-state index in [0.717, 1.165) is 36.4 Å². The first-order valence-electron chi connectivity index (χ1n) is 10.1. The lowest BCUT2D eigenvalue weighted by atomic mass is 9.88. The Kier molecular flexibility index (Phi) is 6.21. The zero-order chi connectivity index (χ0) is 20.2. The van der Waals surface area contributed by atoms with E-state index in [-0.39, 0.29) is 5.91 Å². The number of hydrogen-bond acceptors (Lipinski definition) is 5. The van der Waals surface area contributed by atoms with Crippen molar-refractivity contribution in [2.75, 3.05) is 17.2 Å². The van der Waals surface area contributed by atoms with Crippen LogP contribution >= 0.6 is 22.7 Å². The first-order valence-corrected chi connectivity index (χ1v) is 11.8. The van der Waals surface area contributed by atoms with Crippen molar-refractivity contribution >= 4 is 39.3 Å². The SMILES string of the molecule is CCOc1ccccc1NC(=O)c1c(NCc2cccs2)sc2c1CC[C@H](C)C2. The molecule has 2 N–H and O–H groups in total. The van der Waals surface area contributed by atoms with Crippen molar-refractivity contribution < 1.29 is 9.53 Å². The minimum atomic E-state index is -0.0575. The third-order valence-corrected chi connectivity index (χ3v) is 7.27. The number of carbonyl (C=O) groups excluding carboxylic acids is 1. The molecule has 0 unspecified atom stereocenters. The van der Waals surface area contributed by atoms with Crippen LogP contribution in [0.1, 0.15) is 45.9 Å². The minimum Gasteiger partial charge on any atom is -0.492 e. The van der Waals surface area contributed by atoms with Gasteiger partial charge < -0.3 is 15.4 Å². The van der Waals surface area contributed by atoms with Crippen LogP contribution in [0.25, 0.3) is 0 Å². The van der Waals surface area contributed by atoms with Crippen molar-refractivity contribution in [2.45, 2.75) is 39.7 Å². The number of ether oxygens (including phenoxy) is 1. The van der Waals surface area contributed by atoms with E-state index in [0.29, 0.717) is 24.0 Å². The quantitative estimate of drug-likeness (QED) is 0.473. The average molecular weight is 427 g/mol. The summed E-state index contributed by atoms with van der Waals surface area (Å²) >= 11 is 3.47. The maximum atomic E-state index is 13.4. The molecule has 0 spiro atoms. The Morgan fingerprint density at radius 2 is 2.10 bits per heavy atom. The lowest BCUT2D eigenvalue weighted by Gasteiger charge is -2.19. The zero-order valence-electron chi connectivity index (χ0n) is 16.8. The summed E-state index contributed by atoms with van der Waals surface area (Å²) in [6, 6.07) is 11.8. The molecule has 2 aromatic heterocycles. The topological polar surface area (TPSA) is 50.4 Å². The molecule has 152 valence electrons. The van der Waals surface area contributed by atoms with E-state index >= 15 is 0 Å². The van der Waals surface area contributed by atoms with Gasteiger partial charge in [-0.2, -0.15) is 0 Å². The predicted molar refractivity (Wildman–Crippen MR) is 123 cm³/mol. The number of anilines is 2. The molecule has 1 aromatic carbocycles. The van der Waals surface area contributed by atoms with Gasteiger partial charge in [-0.3, -0.25) is 4.79 Å². The highest BCUT2D eigenvalue weighted by Gasteiger charge is 2.28. The minimum absolute atomic E-state index is 0.0575. The van der Waals surface area contributed by atoms with E-state index < -0.39 is 0 Å². The lowest BCUT2D eigenvalue weighted by molar-refractivity contribution is 0.102. The summed E-state index contributed by atoms with van der Waals surface area (Å²) in [5.41, 5.74) is 2.74. The van der Waals surface area contributed by atoms with Gasteiger partial charge in [0.05, 0.1) is 24.4 Å². The molecule has 0 radical (unpaired) electrons. The van der Waals surface area contributed by atoms with Gasteiger partial charge in [0, 0.05) is 9.75 Å². The second-order valence-electron chi connectivity index (χ2n) is 7.37. The molecule has 0 saturated carbocycles. The van der Waals surface area contributed by atoms with Gasteiger partial charge in [0.1, 0.15) is 10.8 Å². The highest BCUT2D eigenvalue weighted by Crippen LogP contribution is 2.40. The summed E-state index contributed by atoms with van der Waals surface area (Å²) in [4.78, 5) is 16.0. The fourth-order valence-electron chi connectivity index (χ4n) is 3.73. The first kappa shape index (κ1) is 20.0. The summed E-state index contributed by atoms with van der Waals surface area (Å²) in [7, 11) is 0. The van der Waals surface area contributed by atoms with Crippen LogP contribution in [0.3, 0.4) is 0 Å². The molecule has 0 fully saturated rings. The summed E-state index contributed by atoms with van der Waals surface area (Å²) < 4.78 is 5.68. The van der Waals surface area contributed by atoms with Crippen molar-refractivity contribution in [1.82, 2.24) is 0 Å². The number of nitrogens with one attached hydrogen (secondary N) is 2. The monoisotopic (exact) mass is 426 g/mol. The highest BCUT2D eigenvalue weighted by molar-refractivity contribution is 7.16. The van der Waals surface area contributed by atoms with Gasteiger partial charge in [-0.1, -0.05) is 25.1 Å². The van der Waals surface area contributed by atoms with Crippen LogP contribution < -0.4 is 15.4 Å². The molecule has 6 heteroatoms. The Hall–Kier alpha value is -2.31. The van der Waals surface area contributed by atoms with Gasteiger partial charge >= 0.3 is 0 Å². The Labute approximate surface area is 179 Å². The molecule has 2 heterocycles.